The third-order valence-corrected chi connectivity index (χ3v) is 6.74. The van der Waals surface area contributed by atoms with E-state index in [9.17, 15) is 0 Å². The van der Waals surface area contributed by atoms with Gasteiger partial charge < -0.3 is 0 Å². The molecule has 0 amide bonds. The third kappa shape index (κ3) is 9.77. The van der Waals surface area contributed by atoms with Crippen LogP contribution in [0.2, 0.25) is 0 Å². The van der Waals surface area contributed by atoms with E-state index in [1.54, 1.807) is 0 Å². The Balaban J connectivity index is 0.000000642. The second-order valence-electron chi connectivity index (χ2n) is 16.6. The van der Waals surface area contributed by atoms with Crippen LogP contribution in [0.5, 0.6) is 0 Å². The van der Waals surface area contributed by atoms with Gasteiger partial charge in [-0.25, -0.2) is 12.1 Å². The quantitative estimate of drug-likeness (QED) is 0.225. The van der Waals surface area contributed by atoms with Gasteiger partial charge in [0.15, 0.2) is 0 Å². The van der Waals surface area contributed by atoms with Crippen LogP contribution < -0.4 is 0 Å². The maximum absolute atomic E-state index is 2.42. The molecule has 0 heterocycles. The van der Waals surface area contributed by atoms with Crippen molar-refractivity contribution in [3.8, 4) is 0 Å². The van der Waals surface area contributed by atoms with Crippen molar-refractivity contribution in [2.24, 2.45) is 0 Å². The summed E-state index contributed by atoms with van der Waals surface area (Å²) in [5.41, 5.74) is 10.4. The molecule has 0 N–H and O–H groups in total. The van der Waals surface area contributed by atoms with Crippen LogP contribution in [0.3, 0.4) is 0 Å². The second-order valence-corrected chi connectivity index (χ2v) is 16.6. The minimum Gasteiger partial charge on any atom is -0.206 e. The van der Waals surface area contributed by atoms with Crippen molar-refractivity contribution in [3.63, 3.8) is 0 Å². The SMILES string of the molecule is CC(C)(C)c1cc(C(C)(C)C)[c-](C(C)(C)C)c1.CC(C)(C)c1cc(C(C)(C)C)[c-](C(C)(C)C)c1.[Sr+2]. The van der Waals surface area contributed by atoms with E-state index in [1.165, 1.54) is 33.4 Å². The average molecular weight is 554 g/mol. The van der Waals surface area contributed by atoms with Crippen LogP contribution in [0.1, 0.15) is 158 Å². The minimum absolute atomic E-state index is 0. The van der Waals surface area contributed by atoms with E-state index in [1.807, 2.05) is 0 Å². The van der Waals surface area contributed by atoms with Crippen molar-refractivity contribution in [2.45, 2.75) is 157 Å². The van der Waals surface area contributed by atoms with Gasteiger partial charge in [0.05, 0.1) is 0 Å². The Labute approximate surface area is 258 Å². The van der Waals surface area contributed by atoms with E-state index in [0.29, 0.717) is 0 Å². The van der Waals surface area contributed by atoms with E-state index in [0.717, 1.165) is 0 Å². The Hall–Kier alpha value is 0.181. The molecule has 2 aromatic rings. The minimum atomic E-state index is 0. The number of hydrogen-bond acceptors (Lipinski definition) is 0. The summed E-state index contributed by atoms with van der Waals surface area (Å²) in [6.45, 7) is 41.5. The summed E-state index contributed by atoms with van der Waals surface area (Å²) in [6, 6.07) is 9.67. The van der Waals surface area contributed by atoms with E-state index < -0.39 is 0 Å². The topological polar surface area (TPSA) is 0 Å². The fourth-order valence-electron chi connectivity index (χ4n) is 4.36. The smallest absolute Gasteiger partial charge is 0.206 e. The molecule has 0 saturated heterocycles. The van der Waals surface area contributed by atoms with Crippen LogP contribution in [0.15, 0.2) is 24.3 Å². The summed E-state index contributed by atoms with van der Waals surface area (Å²) in [6.07, 6.45) is 0. The van der Waals surface area contributed by atoms with Gasteiger partial charge in [0, 0.05) is 0 Å². The zero-order valence-corrected chi connectivity index (χ0v) is 30.5. The molecule has 0 fully saturated rings. The summed E-state index contributed by atoms with van der Waals surface area (Å²) in [5.74, 6) is 0. The first-order chi connectivity index (χ1) is 14.7. The van der Waals surface area contributed by atoms with Crippen molar-refractivity contribution >= 4 is 45.5 Å². The van der Waals surface area contributed by atoms with Crippen molar-refractivity contribution in [1.29, 1.82) is 0 Å². The second kappa shape index (κ2) is 11.1. The van der Waals surface area contributed by atoms with Crippen LogP contribution in [-0.2, 0) is 32.5 Å². The van der Waals surface area contributed by atoms with Crippen molar-refractivity contribution in [1.82, 2.24) is 0 Å². The van der Waals surface area contributed by atoms with Crippen LogP contribution in [-0.4, -0.2) is 45.5 Å². The molecule has 0 unspecified atom stereocenters. The summed E-state index contributed by atoms with van der Waals surface area (Å²) in [4.78, 5) is 0. The van der Waals surface area contributed by atoms with E-state index >= 15 is 0 Å². The molecule has 0 aliphatic heterocycles. The van der Waals surface area contributed by atoms with Gasteiger partial charge in [-0.1, -0.05) is 146 Å². The Bertz CT molecular complexity index is 790. The van der Waals surface area contributed by atoms with Crippen LogP contribution >= 0.6 is 0 Å². The van der Waals surface area contributed by atoms with Gasteiger partial charge in [-0.3, -0.25) is 0 Å². The molecule has 0 atom stereocenters. The molecule has 196 valence electrons. The predicted molar refractivity (Wildman–Crippen MR) is 162 cm³/mol. The van der Waals surface area contributed by atoms with Crippen LogP contribution in [0, 0.1) is 0 Å². The summed E-state index contributed by atoms with van der Waals surface area (Å²) < 4.78 is 0. The molecule has 35 heavy (non-hydrogen) atoms. The van der Waals surface area contributed by atoms with E-state index in [-0.39, 0.29) is 78.0 Å². The molecule has 0 saturated carbocycles. The van der Waals surface area contributed by atoms with Crippen molar-refractivity contribution < 1.29 is 0 Å². The zero-order chi connectivity index (χ0) is 27.3. The molecule has 0 aliphatic rings. The van der Waals surface area contributed by atoms with Gasteiger partial charge in [-0.15, -0.1) is 11.1 Å². The Kier molecular flexibility index (Phi) is 11.2. The molecule has 0 aliphatic carbocycles. The molecular formula is C34H58Sr. The molecule has 0 bridgehead atoms. The molecule has 0 radical (unpaired) electrons. The first-order valence-electron chi connectivity index (χ1n) is 13.3. The molecule has 2 aromatic carbocycles. The maximum Gasteiger partial charge on any atom is 2.00 e. The molecule has 0 spiro atoms. The molecule has 2 rings (SSSR count). The van der Waals surface area contributed by atoms with Crippen molar-refractivity contribution in [2.75, 3.05) is 0 Å². The first kappa shape index (κ1) is 35.2. The van der Waals surface area contributed by atoms with Gasteiger partial charge in [0.25, 0.3) is 0 Å². The maximum atomic E-state index is 2.42. The third-order valence-electron chi connectivity index (χ3n) is 6.74. The van der Waals surface area contributed by atoms with Crippen LogP contribution in [0.4, 0.5) is 0 Å². The molecular weight excluding hydrogens is 496 g/mol. The standard InChI is InChI=1S/2C17H29.Sr/c2*1-15(2,3)12-10-13(16(4,5)6)14(11-12)17(7,8)9;/h2*10-11H,1-9H3;/q2*-1;+2. The van der Waals surface area contributed by atoms with Gasteiger partial charge in [-0.2, -0.15) is 34.4 Å². The summed E-state index contributed by atoms with van der Waals surface area (Å²) in [7, 11) is 0. The molecule has 0 aromatic heterocycles. The van der Waals surface area contributed by atoms with Gasteiger partial charge >= 0.3 is 45.5 Å². The fourth-order valence-corrected chi connectivity index (χ4v) is 4.36. The number of rotatable bonds is 0. The normalized spacial score (nSPS) is 13.8. The Morgan fingerprint density at radius 1 is 0.400 bits per heavy atom. The van der Waals surface area contributed by atoms with Crippen LogP contribution in [0.25, 0.3) is 0 Å². The van der Waals surface area contributed by atoms with Gasteiger partial charge in [0.1, 0.15) is 0 Å². The fraction of sp³-hybridized carbons (Fsp3) is 0.706. The van der Waals surface area contributed by atoms with E-state index in [2.05, 4.69) is 149 Å². The van der Waals surface area contributed by atoms with Crippen molar-refractivity contribution in [3.05, 3.63) is 57.6 Å². The summed E-state index contributed by atoms with van der Waals surface area (Å²) in [5, 5.41) is 0. The average Bonchev–Trinajstić information content (AvgIpc) is 3.18. The first-order valence-corrected chi connectivity index (χ1v) is 13.3. The van der Waals surface area contributed by atoms with Gasteiger partial charge in [-0.05, 0) is 10.8 Å². The van der Waals surface area contributed by atoms with Gasteiger partial charge in [0.2, 0.25) is 0 Å². The number of hydrogen-bond donors (Lipinski definition) is 0. The monoisotopic (exact) mass is 554 g/mol. The predicted octanol–water partition coefficient (Wildman–Crippen LogP) is 10.2. The molecule has 1 heteroatoms. The Morgan fingerprint density at radius 3 is 0.743 bits per heavy atom. The summed E-state index contributed by atoms with van der Waals surface area (Å²) >= 11 is 0. The Morgan fingerprint density at radius 2 is 0.629 bits per heavy atom. The van der Waals surface area contributed by atoms with E-state index in [4.69, 9.17) is 0 Å². The molecule has 0 nitrogen and oxygen atoms in total. The zero-order valence-electron chi connectivity index (χ0n) is 27.0. The largest absolute Gasteiger partial charge is 2.00 e.